The Hall–Kier alpha value is -0.380. The van der Waals surface area contributed by atoms with Crippen LogP contribution in [0.2, 0.25) is 0 Å². The fourth-order valence-electron chi connectivity index (χ4n) is 2.47. The highest BCUT2D eigenvalue weighted by molar-refractivity contribution is 9.10. The Kier molecular flexibility index (Phi) is 4.79. The van der Waals surface area contributed by atoms with Crippen LogP contribution in [0.3, 0.4) is 0 Å². The Bertz CT molecular complexity index is 592. The van der Waals surface area contributed by atoms with Crippen molar-refractivity contribution in [3.05, 3.63) is 63.6 Å². The van der Waals surface area contributed by atoms with Crippen LogP contribution < -0.4 is 0 Å². The Morgan fingerprint density at radius 1 is 1.10 bits per heavy atom. The Morgan fingerprint density at radius 2 is 1.90 bits per heavy atom. The summed E-state index contributed by atoms with van der Waals surface area (Å²) >= 11 is 7.66. The van der Waals surface area contributed by atoms with Crippen molar-refractivity contribution >= 4 is 39.5 Å². The van der Waals surface area contributed by atoms with E-state index < -0.39 is 0 Å². The van der Waals surface area contributed by atoms with Gasteiger partial charge in [-0.2, -0.15) is 0 Å². The minimum atomic E-state index is 0.461. The van der Waals surface area contributed by atoms with E-state index >= 15 is 0 Å². The van der Waals surface area contributed by atoms with Gasteiger partial charge in [-0.05, 0) is 41.3 Å². The minimum Gasteiger partial charge on any atom is -0.148 e. The first-order valence-corrected chi connectivity index (χ1v) is 9.73. The van der Waals surface area contributed by atoms with Crippen molar-refractivity contribution in [3.8, 4) is 0 Å². The van der Waals surface area contributed by atoms with E-state index in [1.54, 1.807) is 0 Å². The van der Waals surface area contributed by atoms with Crippen molar-refractivity contribution in [2.75, 3.05) is 11.5 Å². The summed E-state index contributed by atoms with van der Waals surface area (Å²) in [4.78, 5) is 1.43. The molecule has 0 radical (unpaired) electrons. The van der Waals surface area contributed by atoms with E-state index in [2.05, 4.69) is 77.1 Å². The molecule has 1 aliphatic heterocycles. The van der Waals surface area contributed by atoms with Gasteiger partial charge in [0.25, 0.3) is 0 Å². The monoisotopic (exact) mass is 364 g/mol. The first-order chi connectivity index (χ1) is 9.78. The van der Waals surface area contributed by atoms with E-state index in [0.717, 1.165) is 6.42 Å². The topological polar surface area (TPSA) is 0 Å². The highest BCUT2D eigenvalue weighted by Crippen LogP contribution is 2.44. The van der Waals surface area contributed by atoms with Crippen LogP contribution in [0.5, 0.6) is 0 Å². The van der Waals surface area contributed by atoms with Crippen LogP contribution in [0.4, 0.5) is 0 Å². The second-order valence-corrected chi connectivity index (χ2v) is 8.14. The smallest absolute Gasteiger partial charge is 0.0558 e. The van der Waals surface area contributed by atoms with Gasteiger partial charge in [0.05, 0.1) is 5.25 Å². The van der Waals surface area contributed by atoms with Crippen molar-refractivity contribution in [2.24, 2.45) is 0 Å². The highest BCUT2D eigenvalue weighted by atomic mass is 79.9. The first kappa shape index (κ1) is 14.6. The number of hydrogen-bond acceptors (Lipinski definition) is 2. The number of fused-ring (bicyclic) bond motifs is 1. The molecule has 0 N–H and O–H groups in total. The normalized spacial score (nSPS) is 18.4. The van der Waals surface area contributed by atoms with E-state index in [4.69, 9.17) is 0 Å². The predicted octanol–water partition coefficient (Wildman–Crippen LogP) is 5.94. The van der Waals surface area contributed by atoms with Gasteiger partial charge in [0, 0.05) is 20.9 Å². The summed E-state index contributed by atoms with van der Waals surface area (Å²) in [6.07, 6.45) is 1.11. The molecule has 0 aromatic heterocycles. The van der Waals surface area contributed by atoms with Crippen molar-refractivity contribution in [1.82, 2.24) is 0 Å². The number of thioether (sulfide) groups is 2. The average molecular weight is 365 g/mol. The lowest BCUT2D eigenvalue weighted by Crippen LogP contribution is -1.98. The van der Waals surface area contributed by atoms with Crippen LogP contribution in [0.1, 0.15) is 28.9 Å². The molecule has 2 aromatic carbocycles. The summed E-state index contributed by atoms with van der Waals surface area (Å²) in [5.41, 5.74) is 4.29. The maximum atomic E-state index is 3.62. The van der Waals surface area contributed by atoms with Gasteiger partial charge in [0.1, 0.15) is 0 Å². The summed E-state index contributed by atoms with van der Waals surface area (Å²) in [6, 6.07) is 15.8. The molecule has 0 saturated heterocycles. The summed E-state index contributed by atoms with van der Waals surface area (Å²) < 4.78 is 1.18. The zero-order valence-corrected chi connectivity index (χ0v) is 14.7. The molecule has 3 heteroatoms. The van der Waals surface area contributed by atoms with Gasteiger partial charge >= 0.3 is 0 Å². The Morgan fingerprint density at radius 3 is 2.65 bits per heavy atom. The molecule has 0 spiro atoms. The van der Waals surface area contributed by atoms with Gasteiger partial charge in [-0.3, -0.25) is 0 Å². The van der Waals surface area contributed by atoms with Crippen LogP contribution in [-0.2, 0) is 6.42 Å². The van der Waals surface area contributed by atoms with Gasteiger partial charge in [-0.15, -0.1) is 23.5 Å². The van der Waals surface area contributed by atoms with E-state index in [1.165, 1.54) is 37.6 Å². The number of rotatable bonds is 2. The quantitative estimate of drug-likeness (QED) is 0.646. The summed E-state index contributed by atoms with van der Waals surface area (Å²) in [7, 11) is 0. The summed E-state index contributed by atoms with van der Waals surface area (Å²) in [6.45, 7) is 2.21. The third kappa shape index (κ3) is 3.10. The second kappa shape index (κ2) is 6.59. The molecule has 1 atom stereocenters. The number of aryl methyl sites for hydroxylation is 1. The number of hydrogen-bond donors (Lipinski definition) is 0. The third-order valence-electron chi connectivity index (χ3n) is 3.57. The fourth-order valence-corrected chi connectivity index (χ4v) is 5.33. The number of halogens is 1. The van der Waals surface area contributed by atoms with Gasteiger partial charge < -0.3 is 0 Å². The summed E-state index contributed by atoms with van der Waals surface area (Å²) in [5.74, 6) is 2.40. The zero-order chi connectivity index (χ0) is 13.9. The minimum absolute atomic E-state index is 0.461. The van der Waals surface area contributed by atoms with Gasteiger partial charge in [0.15, 0.2) is 0 Å². The molecule has 2 aromatic rings. The third-order valence-corrected chi connectivity index (χ3v) is 6.71. The Labute approximate surface area is 137 Å². The van der Waals surface area contributed by atoms with Gasteiger partial charge in [-0.25, -0.2) is 0 Å². The molecule has 20 heavy (non-hydrogen) atoms. The largest absolute Gasteiger partial charge is 0.148 e. The van der Waals surface area contributed by atoms with Crippen LogP contribution in [0.15, 0.2) is 51.8 Å². The lowest BCUT2D eigenvalue weighted by molar-refractivity contribution is 1.08. The van der Waals surface area contributed by atoms with E-state index in [1.807, 2.05) is 11.8 Å². The van der Waals surface area contributed by atoms with Crippen LogP contribution in [0, 0.1) is 0 Å². The van der Waals surface area contributed by atoms with Crippen molar-refractivity contribution in [1.29, 1.82) is 0 Å². The molecule has 1 unspecified atom stereocenters. The van der Waals surface area contributed by atoms with E-state index in [-0.39, 0.29) is 0 Å². The molecule has 0 aliphatic carbocycles. The molecule has 3 rings (SSSR count). The van der Waals surface area contributed by atoms with Crippen molar-refractivity contribution < 1.29 is 0 Å². The number of benzene rings is 2. The molecule has 0 amide bonds. The summed E-state index contributed by atoms with van der Waals surface area (Å²) in [5, 5.41) is 0.461. The van der Waals surface area contributed by atoms with E-state index in [9.17, 15) is 0 Å². The molecule has 104 valence electrons. The molecule has 0 bridgehead atoms. The SMILES string of the molecule is CCc1ccc(C2SCCSc3ccc(Br)cc32)cc1. The van der Waals surface area contributed by atoms with Crippen molar-refractivity contribution in [3.63, 3.8) is 0 Å². The fraction of sp³-hybridized carbons (Fsp3) is 0.294. The van der Waals surface area contributed by atoms with Crippen molar-refractivity contribution in [2.45, 2.75) is 23.5 Å². The van der Waals surface area contributed by atoms with Crippen LogP contribution in [0.25, 0.3) is 0 Å². The van der Waals surface area contributed by atoms with Gasteiger partial charge in [-0.1, -0.05) is 47.1 Å². The standard InChI is InChI=1S/C17H17BrS2/c1-2-12-3-5-13(6-4-12)17-15-11-14(18)7-8-16(15)19-9-10-20-17/h3-8,11,17H,2,9-10H2,1H3. The van der Waals surface area contributed by atoms with Crippen LogP contribution >= 0.6 is 39.5 Å². The average Bonchev–Trinajstić information content (AvgIpc) is 2.69. The molecular formula is C17H17BrS2. The molecule has 1 heterocycles. The lowest BCUT2D eigenvalue weighted by atomic mass is 10.0. The Balaban J connectivity index is 2.02. The van der Waals surface area contributed by atoms with Crippen LogP contribution in [-0.4, -0.2) is 11.5 Å². The van der Waals surface area contributed by atoms with Gasteiger partial charge in [0.2, 0.25) is 0 Å². The molecule has 0 saturated carbocycles. The second-order valence-electron chi connectivity index (χ2n) is 4.88. The molecular weight excluding hydrogens is 348 g/mol. The zero-order valence-electron chi connectivity index (χ0n) is 11.4. The lowest BCUT2D eigenvalue weighted by Gasteiger charge is -2.18. The van der Waals surface area contributed by atoms with E-state index in [0.29, 0.717) is 5.25 Å². The predicted molar refractivity (Wildman–Crippen MR) is 95.0 cm³/mol. The maximum absolute atomic E-state index is 3.62. The first-order valence-electron chi connectivity index (χ1n) is 6.90. The highest BCUT2D eigenvalue weighted by Gasteiger charge is 2.21. The molecule has 0 fully saturated rings. The maximum Gasteiger partial charge on any atom is 0.0558 e. The molecule has 1 aliphatic rings. The molecule has 0 nitrogen and oxygen atoms in total.